The van der Waals surface area contributed by atoms with Crippen molar-refractivity contribution < 1.29 is 16.8 Å². The van der Waals surface area contributed by atoms with E-state index >= 15 is 0 Å². The predicted octanol–water partition coefficient (Wildman–Crippen LogP) is -0.164. The third-order valence-electron chi connectivity index (χ3n) is 4.24. The molecule has 0 saturated carbocycles. The molecule has 0 radical (unpaired) electrons. The number of hydrogen-bond donors (Lipinski definition) is 1. The molecule has 106 valence electrons. The van der Waals surface area contributed by atoms with Crippen molar-refractivity contribution in [1.29, 1.82) is 0 Å². The lowest BCUT2D eigenvalue weighted by Crippen LogP contribution is -2.58. The molecule has 0 aromatic carbocycles. The Bertz CT molecular complexity index is 505. The highest BCUT2D eigenvalue weighted by molar-refractivity contribution is 7.91. The van der Waals surface area contributed by atoms with Crippen LogP contribution in [0.2, 0.25) is 0 Å². The Kier molecular flexibility index (Phi) is 3.77. The minimum Gasteiger partial charge on any atom is -0.316 e. The highest BCUT2D eigenvalue weighted by Crippen LogP contribution is 2.42. The first kappa shape index (κ1) is 14.3. The standard InChI is InChI=1S/C11H21NO4S2/c1-17(13,14)5-2-4-11(8-12-9-11)10-3-6-18(15,16)7-10/h10,12H,2-9H2,1H3. The summed E-state index contributed by atoms with van der Waals surface area (Å²) in [5.41, 5.74) is 0.0221. The quantitative estimate of drug-likeness (QED) is 0.762. The average Bonchev–Trinajstić information content (AvgIpc) is 2.49. The number of nitrogens with one attached hydrogen (secondary N) is 1. The molecule has 0 bridgehead atoms. The molecule has 2 aliphatic heterocycles. The third-order valence-corrected chi connectivity index (χ3v) is 7.04. The first-order valence-corrected chi connectivity index (χ1v) is 10.2. The maximum absolute atomic E-state index is 11.5. The van der Waals surface area contributed by atoms with Crippen LogP contribution in [0.15, 0.2) is 0 Å². The molecule has 1 unspecified atom stereocenters. The van der Waals surface area contributed by atoms with Gasteiger partial charge in [-0.25, -0.2) is 16.8 Å². The van der Waals surface area contributed by atoms with E-state index in [2.05, 4.69) is 5.32 Å². The van der Waals surface area contributed by atoms with Gasteiger partial charge in [-0.05, 0) is 30.6 Å². The molecule has 2 aliphatic rings. The van der Waals surface area contributed by atoms with E-state index in [0.717, 1.165) is 25.9 Å². The molecule has 0 spiro atoms. The van der Waals surface area contributed by atoms with Crippen LogP contribution in [0.1, 0.15) is 19.3 Å². The molecule has 2 heterocycles. The van der Waals surface area contributed by atoms with Crippen LogP contribution < -0.4 is 5.32 Å². The summed E-state index contributed by atoms with van der Waals surface area (Å²) >= 11 is 0. The van der Waals surface area contributed by atoms with Crippen molar-refractivity contribution >= 4 is 19.7 Å². The summed E-state index contributed by atoms with van der Waals surface area (Å²) in [6.07, 6.45) is 3.44. The summed E-state index contributed by atoms with van der Waals surface area (Å²) < 4.78 is 45.4. The Morgan fingerprint density at radius 2 is 2.00 bits per heavy atom. The van der Waals surface area contributed by atoms with Crippen LogP contribution in [0.3, 0.4) is 0 Å². The van der Waals surface area contributed by atoms with Crippen molar-refractivity contribution in [2.24, 2.45) is 11.3 Å². The lowest BCUT2D eigenvalue weighted by molar-refractivity contribution is 0.0800. The van der Waals surface area contributed by atoms with E-state index in [-0.39, 0.29) is 22.8 Å². The normalized spacial score (nSPS) is 29.9. The number of rotatable bonds is 5. The largest absolute Gasteiger partial charge is 0.316 e. The van der Waals surface area contributed by atoms with Crippen molar-refractivity contribution in [2.45, 2.75) is 19.3 Å². The summed E-state index contributed by atoms with van der Waals surface area (Å²) in [4.78, 5) is 0. The molecule has 0 amide bonds. The average molecular weight is 295 g/mol. The molecule has 2 saturated heterocycles. The van der Waals surface area contributed by atoms with Crippen molar-refractivity contribution in [3.05, 3.63) is 0 Å². The van der Waals surface area contributed by atoms with Gasteiger partial charge < -0.3 is 5.32 Å². The summed E-state index contributed by atoms with van der Waals surface area (Å²) in [5.74, 6) is 0.996. The van der Waals surface area contributed by atoms with Crippen molar-refractivity contribution in [3.8, 4) is 0 Å². The SMILES string of the molecule is CS(=O)(=O)CCCC1(C2CCS(=O)(=O)C2)CNC1. The second kappa shape index (κ2) is 4.76. The second-order valence-electron chi connectivity index (χ2n) is 5.80. The Hall–Kier alpha value is -0.140. The third kappa shape index (κ3) is 3.24. The molecule has 2 fully saturated rings. The van der Waals surface area contributed by atoms with Crippen molar-refractivity contribution in [1.82, 2.24) is 5.32 Å². The van der Waals surface area contributed by atoms with Gasteiger partial charge in [-0.15, -0.1) is 0 Å². The topological polar surface area (TPSA) is 80.3 Å². The van der Waals surface area contributed by atoms with E-state index in [1.807, 2.05) is 0 Å². The molecular weight excluding hydrogens is 274 g/mol. The zero-order chi connectivity index (χ0) is 13.4. The molecule has 0 aromatic heterocycles. The summed E-state index contributed by atoms with van der Waals surface area (Å²) in [6.45, 7) is 1.66. The fraction of sp³-hybridized carbons (Fsp3) is 1.00. The lowest BCUT2D eigenvalue weighted by atomic mass is 9.67. The molecule has 7 heteroatoms. The highest BCUT2D eigenvalue weighted by Gasteiger charge is 2.47. The first-order chi connectivity index (χ1) is 8.23. The number of hydrogen-bond acceptors (Lipinski definition) is 5. The van der Waals surface area contributed by atoms with Gasteiger partial charge in [-0.1, -0.05) is 0 Å². The van der Waals surface area contributed by atoms with Gasteiger partial charge >= 0.3 is 0 Å². The molecule has 2 rings (SSSR count). The van der Waals surface area contributed by atoms with Crippen LogP contribution in [0.4, 0.5) is 0 Å². The van der Waals surface area contributed by atoms with E-state index in [1.165, 1.54) is 6.26 Å². The molecule has 1 N–H and O–H groups in total. The van der Waals surface area contributed by atoms with E-state index in [9.17, 15) is 16.8 Å². The van der Waals surface area contributed by atoms with E-state index in [0.29, 0.717) is 12.2 Å². The minimum absolute atomic E-state index is 0.0221. The highest BCUT2D eigenvalue weighted by atomic mass is 32.2. The van der Waals surface area contributed by atoms with Gasteiger partial charge in [0.05, 0.1) is 11.5 Å². The lowest BCUT2D eigenvalue weighted by Gasteiger charge is -2.47. The molecule has 0 aliphatic carbocycles. The maximum atomic E-state index is 11.5. The van der Waals surface area contributed by atoms with Crippen molar-refractivity contribution in [2.75, 3.05) is 36.6 Å². The van der Waals surface area contributed by atoms with Gasteiger partial charge in [-0.2, -0.15) is 0 Å². The van der Waals surface area contributed by atoms with Crippen LogP contribution in [0.5, 0.6) is 0 Å². The Balaban J connectivity index is 1.95. The van der Waals surface area contributed by atoms with E-state index in [1.54, 1.807) is 0 Å². The van der Waals surface area contributed by atoms with Crippen LogP contribution in [0, 0.1) is 11.3 Å². The predicted molar refractivity (Wildman–Crippen MR) is 71.0 cm³/mol. The minimum atomic E-state index is -2.92. The summed E-state index contributed by atoms with van der Waals surface area (Å²) in [6, 6.07) is 0. The van der Waals surface area contributed by atoms with Crippen LogP contribution in [0.25, 0.3) is 0 Å². The molecule has 5 nitrogen and oxygen atoms in total. The zero-order valence-corrected chi connectivity index (χ0v) is 12.3. The van der Waals surface area contributed by atoms with Gasteiger partial charge in [0.1, 0.15) is 9.84 Å². The first-order valence-electron chi connectivity index (χ1n) is 6.31. The van der Waals surface area contributed by atoms with Gasteiger partial charge in [0.2, 0.25) is 0 Å². The van der Waals surface area contributed by atoms with Gasteiger partial charge in [0.25, 0.3) is 0 Å². The van der Waals surface area contributed by atoms with Gasteiger partial charge in [0.15, 0.2) is 9.84 Å². The fourth-order valence-corrected chi connectivity index (χ4v) is 5.69. The van der Waals surface area contributed by atoms with Gasteiger partial charge in [-0.3, -0.25) is 0 Å². The number of sulfone groups is 2. The Morgan fingerprint density at radius 3 is 2.39 bits per heavy atom. The summed E-state index contributed by atoms with van der Waals surface area (Å²) in [7, 11) is -5.77. The molecule has 1 atom stereocenters. The smallest absolute Gasteiger partial charge is 0.150 e. The zero-order valence-electron chi connectivity index (χ0n) is 10.7. The van der Waals surface area contributed by atoms with Crippen LogP contribution in [-0.2, 0) is 19.7 Å². The Morgan fingerprint density at radius 1 is 1.33 bits per heavy atom. The summed E-state index contributed by atoms with van der Waals surface area (Å²) in [5, 5.41) is 3.21. The second-order valence-corrected chi connectivity index (χ2v) is 10.3. The maximum Gasteiger partial charge on any atom is 0.150 e. The van der Waals surface area contributed by atoms with E-state index < -0.39 is 19.7 Å². The van der Waals surface area contributed by atoms with Crippen LogP contribution >= 0.6 is 0 Å². The molecule has 0 aromatic rings. The monoisotopic (exact) mass is 295 g/mol. The Labute approximate surface area is 109 Å². The fourth-order valence-electron chi connectivity index (χ4n) is 3.08. The molecular formula is C11H21NO4S2. The van der Waals surface area contributed by atoms with Crippen LogP contribution in [-0.4, -0.2) is 53.4 Å². The van der Waals surface area contributed by atoms with Crippen molar-refractivity contribution in [3.63, 3.8) is 0 Å². The van der Waals surface area contributed by atoms with E-state index in [4.69, 9.17) is 0 Å². The van der Waals surface area contributed by atoms with Gasteiger partial charge in [0, 0.05) is 25.1 Å². The molecule has 18 heavy (non-hydrogen) atoms.